The molecule has 2 N–H and O–H groups in total. The molecule has 1 amide bonds. The summed E-state index contributed by atoms with van der Waals surface area (Å²) in [6.07, 6.45) is 7.44. The van der Waals surface area contributed by atoms with E-state index >= 15 is 4.39 Å². The van der Waals surface area contributed by atoms with E-state index in [2.05, 4.69) is 19.9 Å². The van der Waals surface area contributed by atoms with Crippen molar-refractivity contribution in [3.05, 3.63) is 53.6 Å². The molecule has 3 aromatic heterocycles. The van der Waals surface area contributed by atoms with Crippen molar-refractivity contribution in [2.45, 2.75) is 55.9 Å². The highest BCUT2D eigenvalue weighted by atomic mass is 35.5. The third-order valence-electron chi connectivity index (χ3n) is 10.6. The van der Waals surface area contributed by atoms with Crippen LogP contribution in [0.15, 0.2) is 36.9 Å². The molecule has 0 spiro atoms. The molecule has 4 aliphatic rings. The zero-order valence-electron chi connectivity index (χ0n) is 26.2. The number of carbonyl (C=O) groups excluding carboxylic acids is 1. The number of ether oxygens (including phenoxy) is 1. The Morgan fingerprint density at radius 3 is 2.71 bits per heavy atom. The van der Waals surface area contributed by atoms with Gasteiger partial charge in [-0.2, -0.15) is 9.97 Å². The molecule has 2 aromatic carbocycles. The molecular weight excluding hydrogens is 679 g/mol. The molecule has 4 fully saturated rings. The lowest BCUT2D eigenvalue weighted by Crippen LogP contribution is -2.57. The van der Waals surface area contributed by atoms with Crippen molar-refractivity contribution in [2.24, 2.45) is 0 Å². The van der Waals surface area contributed by atoms with Crippen LogP contribution in [-0.4, -0.2) is 96.9 Å². The van der Waals surface area contributed by atoms with Gasteiger partial charge < -0.3 is 20.3 Å². The summed E-state index contributed by atoms with van der Waals surface area (Å²) in [5.41, 5.74) is 5.91. The van der Waals surface area contributed by atoms with Gasteiger partial charge in [-0.1, -0.05) is 22.9 Å². The predicted octanol–water partition coefficient (Wildman–Crippen LogP) is 5.89. The minimum Gasteiger partial charge on any atom is -0.461 e. The smallest absolute Gasteiger partial charge is 0.330 e. The first-order valence-electron chi connectivity index (χ1n) is 16.3. The molecule has 2 unspecified atom stereocenters. The molecule has 4 aliphatic heterocycles. The summed E-state index contributed by atoms with van der Waals surface area (Å²) < 4.78 is 54.2. The van der Waals surface area contributed by atoms with Gasteiger partial charge >= 0.3 is 12.0 Å². The SMILES string of the molecule is Nc1nc2c(-c3c(Cl)cc4c(N5CC6CCC(C5)N6C(=O)n5ccnc5)nc(OC[C@@]56CCCN5C[C@H](F)C6)nc4c3F)ccc(F)c2s1. The number of thiazole rings is 1. The zero-order valence-corrected chi connectivity index (χ0v) is 27.7. The van der Waals surface area contributed by atoms with E-state index < -0.39 is 23.3 Å². The second-order valence-electron chi connectivity index (χ2n) is 13.4. The molecule has 0 saturated carbocycles. The number of nitrogen functional groups attached to an aromatic ring is 1. The van der Waals surface area contributed by atoms with Gasteiger partial charge in [0.05, 0.1) is 32.9 Å². The van der Waals surface area contributed by atoms with Gasteiger partial charge in [0.25, 0.3) is 0 Å². The van der Waals surface area contributed by atoms with E-state index in [1.54, 1.807) is 18.5 Å². The molecule has 0 aliphatic carbocycles. The number of carbonyl (C=O) groups is 1. The fourth-order valence-electron chi connectivity index (χ4n) is 8.45. The highest BCUT2D eigenvalue weighted by Gasteiger charge is 2.49. The number of nitrogens with zero attached hydrogens (tertiary/aromatic N) is 8. The lowest BCUT2D eigenvalue weighted by Gasteiger charge is -2.41. The number of alkyl halides is 1. The number of amides is 1. The average molecular weight is 710 g/mol. The highest BCUT2D eigenvalue weighted by molar-refractivity contribution is 7.22. The molecule has 11 nitrogen and oxygen atoms in total. The third-order valence-corrected chi connectivity index (χ3v) is 11.8. The maximum atomic E-state index is 17.0. The molecule has 49 heavy (non-hydrogen) atoms. The van der Waals surface area contributed by atoms with E-state index in [0.717, 1.165) is 43.6 Å². The molecule has 254 valence electrons. The van der Waals surface area contributed by atoms with Gasteiger partial charge in [-0.25, -0.2) is 27.9 Å². The maximum Gasteiger partial charge on any atom is 0.330 e. The van der Waals surface area contributed by atoms with Gasteiger partial charge in [0, 0.05) is 55.0 Å². The number of aromatic nitrogens is 5. The van der Waals surface area contributed by atoms with Crippen molar-refractivity contribution in [1.82, 2.24) is 34.3 Å². The maximum absolute atomic E-state index is 17.0. The molecule has 0 radical (unpaired) electrons. The standard InChI is InChI=1S/C33H31ClF3N9O2S/c34-22-10-21-26(25(37)24(22)20-4-5-23(36)28-27(20)40-30(38)49-28)41-31(48-15-33-6-1-8-45(33)12-17(35)11-33)42-29(21)44-13-18-2-3-19(14-44)46(18)32(47)43-9-7-39-16-43/h4-5,7,9-10,16-19H,1-3,6,8,11-15H2,(H2,38,40)/t17-,18?,19?,33+/m1/s1. The summed E-state index contributed by atoms with van der Waals surface area (Å²) in [5.74, 6) is -0.831. The monoisotopic (exact) mass is 709 g/mol. The number of hydrogen-bond donors (Lipinski definition) is 1. The molecule has 4 saturated heterocycles. The minimum absolute atomic E-state index is 0.00695. The predicted molar refractivity (Wildman–Crippen MR) is 180 cm³/mol. The summed E-state index contributed by atoms with van der Waals surface area (Å²) in [6.45, 7) is 2.21. The van der Waals surface area contributed by atoms with Crippen molar-refractivity contribution >= 4 is 61.0 Å². The van der Waals surface area contributed by atoms with Crippen LogP contribution in [-0.2, 0) is 0 Å². The molecule has 9 rings (SSSR count). The van der Waals surface area contributed by atoms with Gasteiger partial charge in [-0.15, -0.1) is 0 Å². The quantitative estimate of drug-likeness (QED) is 0.238. The van der Waals surface area contributed by atoms with Crippen LogP contribution in [0.3, 0.4) is 0 Å². The third kappa shape index (κ3) is 4.91. The number of fused-ring (bicyclic) bond motifs is 5. The van der Waals surface area contributed by atoms with Crippen LogP contribution in [0.25, 0.3) is 32.2 Å². The normalized spacial score (nSPS) is 25.2. The number of nitrogens with two attached hydrogens (primary N) is 1. The van der Waals surface area contributed by atoms with Gasteiger partial charge in [-0.05, 0) is 50.4 Å². The Morgan fingerprint density at radius 2 is 1.94 bits per heavy atom. The molecule has 5 aromatic rings. The van der Waals surface area contributed by atoms with E-state index in [9.17, 15) is 13.6 Å². The van der Waals surface area contributed by atoms with E-state index in [4.69, 9.17) is 27.1 Å². The molecule has 7 heterocycles. The Labute approximate surface area is 287 Å². The number of halogens is 4. The molecule has 4 atom stereocenters. The van der Waals surface area contributed by atoms with Crippen molar-refractivity contribution < 1.29 is 22.7 Å². The number of hydrogen-bond acceptors (Lipinski definition) is 10. The van der Waals surface area contributed by atoms with E-state index in [0.29, 0.717) is 37.3 Å². The van der Waals surface area contributed by atoms with Crippen LogP contribution < -0.4 is 15.4 Å². The van der Waals surface area contributed by atoms with Crippen LogP contribution in [0.4, 0.5) is 28.9 Å². The van der Waals surface area contributed by atoms with Gasteiger partial charge in [0.15, 0.2) is 10.9 Å². The van der Waals surface area contributed by atoms with Crippen LogP contribution in [0, 0.1) is 11.6 Å². The van der Waals surface area contributed by atoms with E-state index in [1.165, 1.54) is 23.0 Å². The Kier molecular flexibility index (Phi) is 7.18. The zero-order chi connectivity index (χ0) is 33.6. The fraction of sp³-hybridized carbons (Fsp3) is 0.424. The first-order chi connectivity index (χ1) is 23.7. The Balaban J connectivity index is 1.14. The largest absolute Gasteiger partial charge is 0.461 e. The molecular formula is C33H31ClF3N9O2S. The number of anilines is 2. The van der Waals surface area contributed by atoms with Crippen molar-refractivity contribution in [1.29, 1.82) is 0 Å². The Hall–Kier alpha value is -4.21. The lowest BCUT2D eigenvalue weighted by molar-refractivity contribution is 0.107. The second kappa shape index (κ2) is 11.4. The summed E-state index contributed by atoms with van der Waals surface area (Å²) in [7, 11) is 0. The van der Waals surface area contributed by atoms with Gasteiger partial charge in [-0.3, -0.25) is 9.47 Å². The summed E-state index contributed by atoms with van der Waals surface area (Å²) in [6, 6.07) is 3.88. The van der Waals surface area contributed by atoms with E-state index in [-0.39, 0.29) is 67.7 Å². The van der Waals surface area contributed by atoms with Crippen molar-refractivity contribution in [2.75, 3.05) is 43.4 Å². The molecule has 16 heteroatoms. The highest BCUT2D eigenvalue weighted by Crippen LogP contribution is 2.45. The number of rotatable bonds is 5. The summed E-state index contributed by atoms with van der Waals surface area (Å²) >= 11 is 7.83. The Bertz CT molecular complexity index is 2120. The van der Waals surface area contributed by atoms with Crippen LogP contribution in [0.2, 0.25) is 5.02 Å². The van der Waals surface area contributed by atoms with Crippen molar-refractivity contribution in [3.63, 3.8) is 0 Å². The average Bonchev–Trinajstić information content (AvgIpc) is 3.90. The first kappa shape index (κ1) is 30.8. The molecule has 2 bridgehead atoms. The minimum atomic E-state index is -0.941. The number of benzene rings is 2. The topological polar surface area (TPSA) is 119 Å². The van der Waals surface area contributed by atoms with Gasteiger partial charge in [0.2, 0.25) is 0 Å². The summed E-state index contributed by atoms with van der Waals surface area (Å²) in [4.78, 5) is 37.2. The lowest BCUT2D eigenvalue weighted by atomic mass is 9.95. The van der Waals surface area contributed by atoms with Crippen LogP contribution in [0.1, 0.15) is 32.1 Å². The van der Waals surface area contributed by atoms with Crippen LogP contribution >= 0.6 is 22.9 Å². The first-order valence-corrected chi connectivity index (χ1v) is 17.5. The number of imidazole rings is 1. The van der Waals surface area contributed by atoms with Crippen molar-refractivity contribution in [3.8, 4) is 17.1 Å². The second-order valence-corrected chi connectivity index (χ2v) is 14.8. The van der Waals surface area contributed by atoms with Crippen LogP contribution in [0.5, 0.6) is 6.01 Å². The number of piperazine rings is 1. The Morgan fingerprint density at radius 1 is 1.12 bits per heavy atom. The summed E-state index contributed by atoms with van der Waals surface area (Å²) in [5, 5.41) is 0.580. The fourth-order valence-corrected chi connectivity index (χ4v) is 9.51. The van der Waals surface area contributed by atoms with Gasteiger partial charge in [0.1, 0.15) is 36.3 Å². The van der Waals surface area contributed by atoms with E-state index in [1.807, 2.05) is 9.80 Å².